The molecule has 4 heteroatoms. The van der Waals surface area contributed by atoms with Crippen LogP contribution in [0.1, 0.15) is 38.7 Å². The van der Waals surface area contributed by atoms with E-state index in [0.29, 0.717) is 13.2 Å². The highest BCUT2D eigenvalue weighted by atomic mass is 16.5. The summed E-state index contributed by atoms with van der Waals surface area (Å²) in [6.07, 6.45) is 2.65. The molecule has 4 nitrogen and oxygen atoms in total. The topological polar surface area (TPSA) is 55.6 Å². The number of carbonyl (C=O) groups is 1. The fraction of sp³-hybridized carbons (Fsp3) is 0.588. The average Bonchev–Trinajstić information content (AvgIpc) is 2.50. The summed E-state index contributed by atoms with van der Waals surface area (Å²) in [6.45, 7) is 6.57. The predicted molar refractivity (Wildman–Crippen MR) is 85.9 cm³/mol. The maximum absolute atomic E-state index is 12.2. The van der Waals surface area contributed by atoms with E-state index < -0.39 is 0 Å². The fourth-order valence-corrected chi connectivity index (χ4v) is 2.42. The van der Waals surface area contributed by atoms with E-state index in [0.717, 1.165) is 32.4 Å². The van der Waals surface area contributed by atoms with Crippen molar-refractivity contribution >= 4 is 5.97 Å². The lowest BCUT2D eigenvalue weighted by molar-refractivity contribution is -0.150. The van der Waals surface area contributed by atoms with Gasteiger partial charge in [0.05, 0.1) is 6.61 Å². The molecule has 0 bridgehead atoms. The summed E-state index contributed by atoms with van der Waals surface area (Å²) in [5.41, 5.74) is 6.84. The smallest absolute Gasteiger partial charge is 0.323 e. The Morgan fingerprint density at radius 3 is 2.57 bits per heavy atom. The second-order valence-corrected chi connectivity index (χ2v) is 5.15. The average molecular weight is 292 g/mol. The molecule has 0 radical (unpaired) electrons. The van der Waals surface area contributed by atoms with Crippen LogP contribution in [0.5, 0.6) is 0 Å². The number of rotatable bonds is 10. The number of benzene rings is 1. The van der Waals surface area contributed by atoms with Gasteiger partial charge in [-0.2, -0.15) is 0 Å². The Morgan fingerprint density at radius 1 is 1.29 bits per heavy atom. The summed E-state index contributed by atoms with van der Waals surface area (Å²) in [6, 6.07) is 10.0. The van der Waals surface area contributed by atoms with E-state index in [2.05, 4.69) is 24.0 Å². The first kappa shape index (κ1) is 17.7. The Balaban J connectivity index is 2.82. The molecule has 118 valence electrons. The van der Waals surface area contributed by atoms with E-state index in [1.807, 2.05) is 25.1 Å². The van der Waals surface area contributed by atoms with Crippen molar-refractivity contribution in [2.75, 3.05) is 19.7 Å². The SMILES string of the molecule is CCCC(C(=O)OCC)N(CCCN)Cc1ccccc1. The predicted octanol–water partition coefficient (Wildman–Crippen LogP) is 2.57. The van der Waals surface area contributed by atoms with Gasteiger partial charge in [0.2, 0.25) is 0 Å². The van der Waals surface area contributed by atoms with E-state index in [1.54, 1.807) is 0 Å². The summed E-state index contributed by atoms with van der Waals surface area (Å²) in [5.74, 6) is -0.118. The number of nitrogens with two attached hydrogens (primary N) is 1. The van der Waals surface area contributed by atoms with Crippen molar-refractivity contribution in [3.63, 3.8) is 0 Å². The molecule has 1 rings (SSSR count). The van der Waals surface area contributed by atoms with Crippen molar-refractivity contribution in [2.24, 2.45) is 5.73 Å². The van der Waals surface area contributed by atoms with Crippen molar-refractivity contribution in [2.45, 2.75) is 45.7 Å². The highest BCUT2D eigenvalue weighted by Gasteiger charge is 2.26. The van der Waals surface area contributed by atoms with E-state index in [9.17, 15) is 4.79 Å². The zero-order chi connectivity index (χ0) is 15.5. The number of nitrogens with zero attached hydrogens (tertiary/aromatic N) is 1. The molecular weight excluding hydrogens is 264 g/mol. The second-order valence-electron chi connectivity index (χ2n) is 5.15. The second kappa shape index (κ2) is 10.4. The van der Waals surface area contributed by atoms with E-state index in [4.69, 9.17) is 10.5 Å². The minimum atomic E-state index is -0.179. The van der Waals surface area contributed by atoms with Crippen molar-refractivity contribution in [1.82, 2.24) is 4.90 Å². The number of carbonyl (C=O) groups excluding carboxylic acids is 1. The van der Waals surface area contributed by atoms with E-state index in [-0.39, 0.29) is 12.0 Å². The van der Waals surface area contributed by atoms with Gasteiger partial charge in [-0.25, -0.2) is 0 Å². The third-order valence-corrected chi connectivity index (χ3v) is 3.44. The van der Waals surface area contributed by atoms with Crippen molar-refractivity contribution in [3.8, 4) is 0 Å². The molecule has 0 aromatic heterocycles. The van der Waals surface area contributed by atoms with Gasteiger partial charge in [0.1, 0.15) is 6.04 Å². The molecule has 2 N–H and O–H groups in total. The van der Waals surface area contributed by atoms with Gasteiger partial charge in [-0.1, -0.05) is 43.7 Å². The van der Waals surface area contributed by atoms with Crippen LogP contribution in [0.4, 0.5) is 0 Å². The molecule has 0 aliphatic rings. The molecule has 0 saturated heterocycles. The van der Waals surface area contributed by atoms with Crippen LogP contribution >= 0.6 is 0 Å². The lowest BCUT2D eigenvalue weighted by Crippen LogP contribution is -2.42. The van der Waals surface area contributed by atoms with Gasteiger partial charge in [-0.15, -0.1) is 0 Å². The Morgan fingerprint density at radius 2 is 2.00 bits per heavy atom. The van der Waals surface area contributed by atoms with E-state index >= 15 is 0 Å². The lowest BCUT2D eigenvalue weighted by atomic mass is 10.1. The fourth-order valence-electron chi connectivity index (χ4n) is 2.42. The number of hydrogen-bond acceptors (Lipinski definition) is 4. The van der Waals surface area contributed by atoms with Gasteiger partial charge in [0, 0.05) is 13.1 Å². The number of ether oxygens (including phenoxy) is 1. The van der Waals surface area contributed by atoms with Gasteiger partial charge in [-0.3, -0.25) is 9.69 Å². The van der Waals surface area contributed by atoms with Crippen LogP contribution in [0.15, 0.2) is 30.3 Å². The summed E-state index contributed by atoms with van der Waals surface area (Å²) in [5, 5.41) is 0. The molecule has 21 heavy (non-hydrogen) atoms. The Kier molecular flexibility index (Phi) is 8.71. The number of hydrogen-bond donors (Lipinski definition) is 1. The maximum atomic E-state index is 12.2. The van der Waals surface area contributed by atoms with Crippen molar-refractivity contribution in [1.29, 1.82) is 0 Å². The largest absolute Gasteiger partial charge is 0.465 e. The van der Waals surface area contributed by atoms with Crippen LogP contribution in [0.25, 0.3) is 0 Å². The van der Waals surface area contributed by atoms with Crippen LogP contribution in [0, 0.1) is 0 Å². The molecule has 0 aliphatic carbocycles. The first-order valence-corrected chi connectivity index (χ1v) is 7.87. The molecule has 0 aliphatic heterocycles. The summed E-state index contributed by atoms with van der Waals surface area (Å²) in [7, 11) is 0. The standard InChI is InChI=1S/C17H28N2O2/c1-3-9-16(17(20)21-4-2)19(13-8-12-18)14-15-10-6-5-7-11-15/h5-7,10-11,16H,3-4,8-9,12-14,18H2,1-2H3. The Bertz CT molecular complexity index is 395. The van der Waals surface area contributed by atoms with Crippen LogP contribution in [0.2, 0.25) is 0 Å². The van der Waals surface area contributed by atoms with Crippen LogP contribution in [-0.4, -0.2) is 36.6 Å². The molecule has 0 saturated carbocycles. The lowest BCUT2D eigenvalue weighted by Gasteiger charge is -2.30. The van der Waals surface area contributed by atoms with Crippen LogP contribution < -0.4 is 5.73 Å². The minimum Gasteiger partial charge on any atom is -0.465 e. The zero-order valence-electron chi connectivity index (χ0n) is 13.3. The normalized spacial score (nSPS) is 12.4. The molecule has 0 heterocycles. The first-order valence-electron chi connectivity index (χ1n) is 7.87. The van der Waals surface area contributed by atoms with Gasteiger partial charge >= 0.3 is 5.97 Å². The van der Waals surface area contributed by atoms with E-state index in [1.165, 1.54) is 5.56 Å². The highest BCUT2D eigenvalue weighted by molar-refractivity contribution is 5.75. The van der Waals surface area contributed by atoms with Gasteiger partial charge in [0.15, 0.2) is 0 Å². The third kappa shape index (κ3) is 6.27. The summed E-state index contributed by atoms with van der Waals surface area (Å²) in [4.78, 5) is 14.4. The molecule has 0 amide bonds. The molecule has 1 unspecified atom stereocenters. The zero-order valence-corrected chi connectivity index (χ0v) is 13.3. The Labute approximate surface area is 128 Å². The molecule has 0 spiro atoms. The van der Waals surface area contributed by atoms with Gasteiger partial charge in [-0.05, 0) is 31.9 Å². The Hall–Kier alpha value is -1.39. The molecule has 1 aromatic rings. The molecule has 1 atom stereocenters. The summed E-state index contributed by atoms with van der Waals surface area (Å²) >= 11 is 0. The first-order chi connectivity index (χ1) is 10.2. The molecule has 0 fully saturated rings. The maximum Gasteiger partial charge on any atom is 0.323 e. The van der Waals surface area contributed by atoms with Gasteiger partial charge < -0.3 is 10.5 Å². The van der Waals surface area contributed by atoms with Crippen LogP contribution in [0.3, 0.4) is 0 Å². The van der Waals surface area contributed by atoms with Crippen LogP contribution in [-0.2, 0) is 16.1 Å². The quantitative estimate of drug-likeness (QED) is 0.673. The van der Waals surface area contributed by atoms with Gasteiger partial charge in [0.25, 0.3) is 0 Å². The number of esters is 1. The molecule has 1 aromatic carbocycles. The molecular formula is C17H28N2O2. The van der Waals surface area contributed by atoms with Crippen molar-refractivity contribution < 1.29 is 9.53 Å². The third-order valence-electron chi connectivity index (χ3n) is 3.44. The minimum absolute atomic E-state index is 0.118. The summed E-state index contributed by atoms with van der Waals surface area (Å²) < 4.78 is 5.24. The van der Waals surface area contributed by atoms with Crippen molar-refractivity contribution in [3.05, 3.63) is 35.9 Å². The highest BCUT2D eigenvalue weighted by Crippen LogP contribution is 2.14. The monoisotopic (exact) mass is 292 g/mol.